The van der Waals surface area contributed by atoms with Crippen LogP contribution >= 0.6 is 0 Å². The number of ketones is 1. The van der Waals surface area contributed by atoms with Crippen molar-refractivity contribution < 1.29 is 17.7 Å². The minimum atomic E-state index is -3.78. The van der Waals surface area contributed by atoms with Gasteiger partial charge < -0.3 is 4.52 Å². The molecule has 3 aromatic rings. The second kappa shape index (κ2) is 6.05. The number of carbonyl (C=O) groups excluding carboxylic acids is 1. The highest BCUT2D eigenvalue weighted by Gasteiger charge is 2.19. The fraction of sp³-hybridized carbons (Fsp3) is 0. The number of benzene rings is 2. The summed E-state index contributed by atoms with van der Waals surface area (Å²) >= 11 is 0. The first-order valence-corrected chi connectivity index (χ1v) is 8.17. The molecule has 0 saturated heterocycles. The van der Waals surface area contributed by atoms with E-state index in [4.69, 9.17) is 0 Å². The third-order valence-corrected chi connectivity index (χ3v) is 4.55. The van der Waals surface area contributed by atoms with E-state index in [1.165, 1.54) is 36.7 Å². The molecule has 0 saturated carbocycles. The number of aromatic nitrogens is 1. The molecular formula is C16H12N2O4S. The monoisotopic (exact) mass is 328 g/mol. The van der Waals surface area contributed by atoms with Crippen molar-refractivity contribution in [3.05, 3.63) is 78.2 Å². The Morgan fingerprint density at radius 3 is 2.39 bits per heavy atom. The van der Waals surface area contributed by atoms with Crippen LogP contribution in [-0.4, -0.2) is 19.4 Å². The van der Waals surface area contributed by atoms with Gasteiger partial charge in [0.2, 0.25) is 0 Å². The van der Waals surface area contributed by atoms with Gasteiger partial charge in [-0.25, -0.2) is 8.42 Å². The zero-order valence-corrected chi connectivity index (χ0v) is 12.7. The molecule has 3 rings (SSSR count). The van der Waals surface area contributed by atoms with Gasteiger partial charge in [-0.05, 0) is 24.3 Å². The Balaban J connectivity index is 1.97. The maximum Gasteiger partial charge on any atom is 0.261 e. The summed E-state index contributed by atoms with van der Waals surface area (Å²) in [5, 5.41) is 3.49. The van der Waals surface area contributed by atoms with Crippen LogP contribution in [-0.2, 0) is 10.0 Å². The number of sulfonamides is 1. The molecule has 0 spiro atoms. The number of para-hydroxylation sites is 1. The van der Waals surface area contributed by atoms with Crippen molar-refractivity contribution in [1.82, 2.24) is 5.16 Å². The van der Waals surface area contributed by atoms with Crippen molar-refractivity contribution in [1.29, 1.82) is 0 Å². The van der Waals surface area contributed by atoms with E-state index in [0.717, 1.165) is 0 Å². The lowest BCUT2D eigenvalue weighted by Crippen LogP contribution is -2.15. The Morgan fingerprint density at radius 1 is 1.00 bits per heavy atom. The van der Waals surface area contributed by atoms with E-state index in [9.17, 15) is 13.2 Å². The Hall–Kier alpha value is -2.93. The molecule has 7 heteroatoms. The van der Waals surface area contributed by atoms with Gasteiger partial charge in [0.1, 0.15) is 6.26 Å². The Morgan fingerprint density at radius 2 is 1.70 bits per heavy atom. The van der Waals surface area contributed by atoms with E-state index in [1.807, 2.05) is 0 Å². The van der Waals surface area contributed by atoms with Gasteiger partial charge in [0.05, 0.1) is 22.3 Å². The third-order valence-electron chi connectivity index (χ3n) is 3.16. The summed E-state index contributed by atoms with van der Waals surface area (Å²) in [6.45, 7) is 0. The van der Waals surface area contributed by atoms with Gasteiger partial charge in [0, 0.05) is 5.56 Å². The van der Waals surface area contributed by atoms with Gasteiger partial charge in [-0.3, -0.25) is 9.52 Å². The number of anilines is 1. The lowest BCUT2D eigenvalue weighted by Gasteiger charge is -2.11. The highest BCUT2D eigenvalue weighted by Crippen LogP contribution is 2.22. The average Bonchev–Trinajstić information content (AvgIpc) is 3.10. The van der Waals surface area contributed by atoms with Gasteiger partial charge in [-0.1, -0.05) is 35.5 Å². The lowest BCUT2D eigenvalue weighted by molar-refractivity contribution is 0.103. The van der Waals surface area contributed by atoms with Crippen LogP contribution in [0.1, 0.15) is 15.9 Å². The van der Waals surface area contributed by atoms with E-state index in [-0.39, 0.29) is 27.5 Å². The van der Waals surface area contributed by atoms with E-state index in [0.29, 0.717) is 0 Å². The smallest absolute Gasteiger partial charge is 0.261 e. The van der Waals surface area contributed by atoms with Gasteiger partial charge in [0.25, 0.3) is 10.0 Å². The van der Waals surface area contributed by atoms with Crippen LogP contribution in [0.3, 0.4) is 0 Å². The van der Waals surface area contributed by atoms with Crippen molar-refractivity contribution in [3.63, 3.8) is 0 Å². The predicted molar refractivity (Wildman–Crippen MR) is 83.6 cm³/mol. The molecule has 0 radical (unpaired) electrons. The maximum absolute atomic E-state index is 12.4. The van der Waals surface area contributed by atoms with Crippen LogP contribution in [0.2, 0.25) is 0 Å². The molecule has 116 valence electrons. The number of carbonyl (C=O) groups is 1. The quantitative estimate of drug-likeness (QED) is 0.727. The van der Waals surface area contributed by atoms with Gasteiger partial charge >= 0.3 is 0 Å². The zero-order chi connectivity index (χ0) is 16.3. The van der Waals surface area contributed by atoms with Crippen molar-refractivity contribution >= 4 is 21.5 Å². The Kier molecular flexibility index (Phi) is 3.94. The number of nitrogens with zero attached hydrogens (tertiary/aromatic N) is 1. The van der Waals surface area contributed by atoms with Gasteiger partial charge in [0.15, 0.2) is 5.78 Å². The Bertz CT molecular complexity index is 920. The standard InChI is InChI=1S/C16H12N2O4S/c19-16(12-10-17-22-11-12)14-8-4-5-9-15(14)18-23(20,21)13-6-2-1-3-7-13/h1-11,18H. The van der Waals surface area contributed by atoms with Crippen molar-refractivity contribution in [3.8, 4) is 0 Å². The largest absolute Gasteiger partial charge is 0.364 e. The fourth-order valence-corrected chi connectivity index (χ4v) is 3.15. The number of nitrogens with one attached hydrogen (secondary N) is 1. The molecule has 0 aliphatic heterocycles. The second-order valence-corrected chi connectivity index (χ2v) is 6.39. The van der Waals surface area contributed by atoms with Crippen molar-refractivity contribution in [2.75, 3.05) is 4.72 Å². The Labute approximate surface area is 132 Å². The molecule has 0 aliphatic carbocycles. The highest BCUT2D eigenvalue weighted by molar-refractivity contribution is 7.92. The molecule has 0 aliphatic rings. The summed E-state index contributed by atoms with van der Waals surface area (Å²) < 4.78 is 31.9. The fourth-order valence-electron chi connectivity index (χ4n) is 2.05. The summed E-state index contributed by atoms with van der Waals surface area (Å²) in [6.07, 6.45) is 2.50. The molecule has 0 unspecified atom stereocenters. The van der Waals surface area contributed by atoms with E-state index >= 15 is 0 Å². The van der Waals surface area contributed by atoms with Crippen LogP contribution in [0, 0.1) is 0 Å². The van der Waals surface area contributed by atoms with Crippen LogP contribution in [0.15, 0.2) is 76.5 Å². The van der Waals surface area contributed by atoms with E-state index in [1.54, 1.807) is 30.3 Å². The minimum Gasteiger partial charge on any atom is -0.364 e. The SMILES string of the molecule is O=C(c1cnoc1)c1ccccc1NS(=O)(=O)c1ccccc1. The first-order chi connectivity index (χ1) is 11.1. The maximum atomic E-state index is 12.4. The summed E-state index contributed by atoms with van der Waals surface area (Å²) in [5.74, 6) is -0.377. The summed E-state index contributed by atoms with van der Waals surface area (Å²) in [6, 6.07) is 14.3. The molecule has 1 heterocycles. The number of hydrogen-bond donors (Lipinski definition) is 1. The first kappa shape index (κ1) is 15.0. The zero-order valence-electron chi connectivity index (χ0n) is 11.8. The number of rotatable bonds is 5. The van der Waals surface area contributed by atoms with Crippen LogP contribution in [0.25, 0.3) is 0 Å². The first-order valence-electron chi connectivity index (χ1n) is 6.69. The number of hydrogen-bond acceptors (Lipinski definition) is 5. The molecule has 0 amide bonds. The third kappa shape index (κ3) is 3.14. The van der Waals surface area contributed by atoms with Crippen LogP contribution < -0.4 is 4.72 Å². The highest BCUT2D eigenvalue weighted by atomic mass is 32.2. The molecular weight excluding hydrogens is 316 g/mol. The summed E-state index contributed by atoms with van der Waals surface area (Å²) in [5.41, 5.74) is 0.661. The lowest BCUT2D eigenvalue weighted by atomic mass is 10.1. The predicted octanol–water partition coefficient (Wildman–Crippen LogP) is 2.71. The van der Waals surface area contributed by atoms with Crippen molar-refractivity contribution in [2.45, 2.75) is 4.90 Å². The normalized spacial score (nSPS) is 11.1. The van der Waals surface area contributed by atoms with E-state index < -0.39 is 10.0 Å². The molecule has 0 atom stereocenters. The minimum absolute atomic E-state index is 0.118. The molecule has 23 heavy (non-hydrogen) atoms. The molecule has 0 fully saturated rings. The molecule has 6 nitrogen and oxygen atoms in total. The summed E-state index contributed by atoms with van der Waals surface area (Å²) in [4.78, 5) is 12.5. The van der Waals surface area contributed by atoms with Crippen LogP contribution in [0.4, 0.5) is 5.69 Å². The van der Waals surface area contributed by atoms with Gasteiger partial charge in [-0.15, -0.1) is 0 Å². The van der Waals surface area contributed by atoms with Gasteiger partial charge in [-0.2, -0.15) is 0 Å². The second-order valence-electron chi connectivity index (χ2n) is 4.71. The molecule has 2 aromatic carbocycles. The summed E-state index contributed by atoms with van der Waals surface area (Å²) in [7, 11) is -3.78. The molecule has 1 aromatic heterocycles. The van der Waals surface area contributed by atoms with Crippen molar-refractivity contribution in [2.24, 2.45) is 0 Å². The topological polar surface area (TPSA) is 89.3 Å². The molecule has 1 N–H and O–H groups in total. The molecule has 0 bridgehead atoms. The van der Waals surface area contributed by atoms with E-state index in [2.05, 4.69) is 14.4 Å². The van der Waals surface area contributed by atoms with Crippen LogP contribution in [0.5, 0.6) is 0 Å². The average molecular weight is 328 g/mol.